The number of carboxylic acids is 2. The normalized spacial score (nSPS) is 12.2. The number of amides is 1. The number of hydrogen-bond donors (Lipinski definition) is 3. The second-order valence-corrected chi connectivity index (χ2v) is 4.89. The minimum Gasteiger partial charge on any atom is -0.481 e. The monoisotopic (exact) mass is 297 g/mol. The summed E-state index contributed by atoms with van der Waals surface area (Å²) in [4.78, 5) is 33.7. The van der Waals surface area contributed by atoms with Gasteiger partial charge in [0.15, 0.2) is 0 Å². The van der Waals surface area contributed by atoms with Crippen molar-refractivity contribution in [3.63, 3.8) is 0 Å². The zero-order chi connectivity index (χ0) is 16.2. The summed E-state index contributed by atoms with van der Waals surface area (Å²) in [6.07, 6.45) is -0.682. The number of carbonyl (C=O) groups is 3. The molecule has 8 nitrogen and oxygen atoms in total. The molecule has 0 aliphatic carbocycles. The van der Waals surface area contributed by atoms with Gasteiger partial charge in [-0.3, -0.25) is 14.3 Å². The van der Waals surface area contributed by atoms with Crippen molar-refractivity contribution in [1.29, 1.82) is 0 Å². The number of carbonyl (C=O) groups excluding carboxylic acids is 1. The largest absolute Gasteiger partial charge is 0.481 e. The molecule has 0 aromatic carbocycles. The SMILES string of the molecule is CCn1nc(C(C)C)cc1C(=O)N[C@@H](CC(=O)O)C(=O)O. The molecule has 116 valence electrons. The maximum atomic E-state index is 12.1. The molecule has 1 aromatic heterocycles. The number of aryl methyl sites for hydroxylation is 1. The fraction of sp³-hybridized carbons (Fsp3) is 0.538. The molecule has 0 saturated carbocycles. The Morgan fingerprint density at radius 1 is 1.33 bits per heavy atom. The Hall–Kier alpha value is -2.38. The average molecular weight is 297 g/mol. The summed E-state index contributed by atoms with van der Waals surface area (Å²) in [5.74, 6) is -3.21. The third-order valence-electron chi connectivity index (χ3n) is 2.90. The zero-order valence-corrected chi connectivity index (χ0v) is 12.2. The van der Waals surface area contributed by atoms with E-state index in [1.807, 2.05) is 13.8 Å². The first-order valence-electron chi connectivity index (χ1n) is 6.59. The molecule has 8 heteroatoms. The highest BCUT2D eigenvalue weighted by molar-refractivity contribution is 5.96. The molecule has 0 saturated heterocycles. The highest BCUT2D eigenvalue weighted by atomic mass is 16.4. The molecule has 0 spiro atoms. The van der Waals surface area contributed by atoms with E-state index in [9.17, 15) is 14.4 Å². The lowest BCUT2D eigenvalue weighted by Gasteiger charge is -2.12. The van der Waals surface area contributed by atoms with E-state index in [2.05, 4.69) is 10.4 Å². The Morgan fingerprint density at radius 2 is 1.95 bits per heavy atom. The van der Waals surface area contributed by atoms with Crippen LogP contribution in [0.1, 0.15) is 49.3 Å². The molecule has 0 fully saturated rings. The lowest BCUT2D eigenvalue weighted by molar-refractivity contribution is -0.145. The zero-order valence-electron chi connectivity index (χ0n) is 12.2. The first-order valence-corrected chi connectivity index (χ1v) is 6.59. The molecule has 1 heterocycles. The van der Waals surface area contributed by atoms with E-state index in [1.165, 1.54) is 4.68 Å². The standard InChI is InChI=1S/C13H19N3O5/c1-4-16-10(5-8(15-16)7(2)3)12(19)14-9(13(20)21)6-11(17)18/h5,7,9H,4,6H2,1-3H3,(H,14,19)(H,17,18)(H,20,21)/t9-/m0/s1. The minimum absolute atomic E-state index is 0.124. The Bertz CT molecular complexity index is 550. The van der Waals surface area contributed by atoms with E-state index < -0.39 is 30.3 Å². The van der Waals surface area contributed by atoms with Crippen LogP contribution in [0.15, 0.2) is 6.07 Å². The van der Waals surface area contributed by atoms with Crippen LogP contribution in [0.25, 0.3) is 0 Å². The fourth-order valence-electron chi connectivity index (χ4n) is 1.75. The minimum atomic E-state index is -1.47. The maximum absolute atomic E-state index is 12.1. The summed E-state index contributed by atoms with van der Waals surface area (Å²) in [7, 11) is 0. The summed E-state index contributed by atoms with van der Waals surface area (Å²) in [6, 6.07) is 0.112. The topological polar surface area (TPSA) is 122 Å². The van der Waals surface area contributed by atoms with Crippen molar-refractivity contribution in [2.45, 2.75) is 45.7 Å². The van der Waals surface area contributed by atoms with Crippen LogP contribution in [0.4, 0.5) is 0 Å². The van der Waals surface area contributed by atoms with Crippen LogP contribution in [0, 0.1) is 0 Å². The van der Waals surface area contributed by atoms with Gasteiger partial charge in [-0.15, -0.1) is 0 Å². The van der Waals surface area contributed by atoms with Gasteiger partial charge in [-0.1, -0.05) is 13.8 Å². The quantitative estimate of drug-likeness (QED) is 0.680. The Labute approximate surface area is 121 Å². The molecule has 0 radical (unpaired) electrons. The van der Waals surface area contributed by atoms with Gasteiger partial charge in [0.1, 0.15) is 11.7 Å². The van der Waals surface area contributed by atoms with Gasteiger partial charge in [-0.25, -0.2) is 4.79 Å². The van der Waals surface area contributed by atoms with Gasteiger partial charge in [0.2, 0.25) is 0 Å². The predicted molar refractivity (Wildman–Crippen MR) is 73.1 cm³/mol. The van der Waals surface area contributed by atoms with E-state index in [1.54, 1.807) is 13.0 Å². The molecule has 1 atom stereocenters. The molecule has 0 aliphatic heterocycles. The maximum Gasteiger partial charge on any atom is 0.326 e. The number of carboxylic acid groups (broad SMARTS) is 2. The van der Waals surface area contributed by atoms with Gasteiger partial charge in [-0.05, 0) is 18.9 Å². The first-order chi connectivity index (χ1) is 9.76. The molecular formula is C13H19N3O5. The molecular weight excluding hydrogens is 278 g/mol. The van der Waals surface area contributed by atoms with Gasteiger partial charge >= 0.3 is 11.9 Å². The molecule has 3 N–H and O–H groups in total. The third-order valence-corrected chi connectivity index (χ3v) is 2.90. The van der Waals surface area contributed by atoms with Crippen LogP contribution in [0.2, 0.25) is 0 Å². The van der Waals surface area contributed by atoms with Gasteiger partial charge in [0, 0.05) is 6.54 Å². The van der Waals surface area contributed by atoms with Crippen molar-refractivity contribution >= 4 is 17.8 Å². The summed E-state index contributed by atoms with van der Waals surface area (Å²) in [6.45, 7) is 6.11. The van der Waals surface area contributed by atoms with Gasteiger partial charge in [0.25, 0.3) is 5.91 Å². The smallest absolute Gasteiger partial charge is 0.326 e. The van der Waals surface area contributed by atoms with E-state index >= 15 is 0 Å². The van der Waals surface area contributed by atoms with Crippen molar-refractivity contribution < 1.29 is 24.6 Å². The highest BCUT2D eigenvalue weighted by Crippen LogP contribution is 2.14. The molecule has 0 bridgehead atoms. The van der Waals surface area contributed by atoms with E-state index in [0.717, 1.165) is 0 Å². The Kier molecular flexibility index (Phi) is 5.45. The number of aromatic nitrogens is 2. The second kappa shape index (κ2) is 6.87. The van der Waals surface area contributed by atoms with Gasteiger partial charge in [0.05, 0.1) is 12.1 Å². The Balaban J connectivity index is 2.96. The molecule has 0 aliphatic rings. The third kappa shape index (κ3) is 4.30. The lowest BCUT2D eigenvalue weighted by atomic mass is 10.1. The van der Waals surface area contributed by atoms with E-state index in [4.69, 9.17) is 10.2 Å². The van der Waals surface area contributed by atoms with Crippen LogP contribution in [-0.2, 0) is 16.1 Å². The van der Waals surface area contributed by atoms with Crippen molar-refractivity contribution in [1.82, 2.24) is 15.1 Å². The highest BCUT2D eigenvalue weighted by Gasteiger charge is 2.25. The molecule has 0 unspecified atom stereocenters. The predicted octanol–water partition coefficient (Wildman–Crippen LogP) is 0.684. The van der Waals surface area contributed by atoms with Crippen molar-refractivity contribution in [2.75, 3.05) is 0 Å². The van der Waals surface area contributed by atoms with Crippen molar-refractivity contribution in [3.8, 4) is 0 Å². The number of nitrogens with one attached hydrogen (secondary N) is 1. The van der Waals surface area contributed by atoms with Crippen LogP contribution in [-0.4, -0.2) is 43.9 Å². The van der Waals surface area contributed by atoms with Crippen LogP contribution >= 0.6 is 0 Å². The average Bonchev–Trinajstić information content (AvgIpc) is 2.81. The lowest BCUT2D eigenvalue weighted by Crippen LogP contribution is -2.42. The van der Waals surface area contributed by atoms with Crippen molar-refractivity contribution in [3.05, 3.63) is 17.5 Å². The van der Waals surface area contributed by atoms with Gasteiger partial charge in [-0.2, -0.15) is 5.10 Å². The van der Waals surface area contributed by atoms with Crippen molar-refractivity contribution in [2.24, 2.45) is 0 Å². The second-order valence-electron chi connectivity index (χ2n) is 4.89. The number of aliphatic carboxylic acids is 2. The molecule has 1 rings (SSSR count). The Morgan fingerprint density at radius 3 is 2.38 bits per heavy atom. The fourth-order valence-corrected chi connectivity index (χ4v) is 1.75. The molecule has 1 amide bonds. The summed E-state index contributed by atoms with van der Waals surface area (Å²) in [5.41, 5.74) is 0.935. The van der Waals surface area contributed by atoms with Gasteiger partial charge < -0.3 is 15.5 Å². The number of rotatable bonds is 7. The number of nitrogens with zero attached hydrogens (tertiary/aromatic N) is 2. The van der Waals surface area contributed by atoms with Crippen LogP contribution in [0.3, 0.4) is 0 Å². The van der Waals surface area contributed by atoms with E-state index in [0.29, 0.717) is 12.2 Å². The molecule has 21 heavy (non-hydrogen) atoms. The van der Waals surface area contributed by atoms with Crippen LogP contribution in [0.5, 0.6) is 0 Å². The molecule has 1 aromatic rings. The van der Waals surface area contributed by atoms with Crippen LogP contribution < -0.4 is 5.32 Å². The number of hydrogen-bond acceptors (Lipinski definition) is 4. The first kappa shape index (κ1) is 16.7. The summed E-state index contributed by atoms with van der Waals surface area (Å²) >= 11 is 0. The summed E-state index contributed by atoms with van der Waals surface area (Å²) in [5, 5.41) is 24.1. The summed E-state index contributed by atoms with van der Waals surface area (Å²) < 4.78 is 1.46. The van der Waals surface area contributed by atoms with E-state index in [-0.39, 0.29) is 11.6 Å².